The third-order valence-electron chi connectivity index (χ3n) is 4.71. The molecule has 2 heterocycles. The van der Waals surface area contributed by atoms with E-state index in [9.17, 15) is 14.7 Å². The number of carbonyl (C=O) groups excluding carboxylic acids is 2. The molecule has 5 rings (SSSR count). The normalized spacial score (nSPS) is 13.4. The van der Waals surface area contributed by atoms with E-state index in [1.807, 2.05) is 18.2 Å². The zero-order valence-corrected chi connectivity index (χ0v) is 14.0. The number of fused-ring (bicyclic) bond motifs is 5. The van der Waals surface area contributed by atoms with Crippen LogP contribution in [0.3, 0.4) is 0 Å². The maximum absolute atomic E-state index is 12.5. The van der Waals surface area contributed by atoms with Crippen molar-refractivity contribution in [3.63, 3.8) is 0 Å². The van der Waals surface area contributed by atoms with Gasteiger partial charge in [0, 0.05) is 26.8 Å². The summed E-state index contributed by atoms with van der Waals surface area (Å²) in [6.07, 6.45) is 0. The maximum atomic E-state index is 12.5. The summed E-state index contributed by atoms with van der Waals surface area (Å²) in [7, 11) is 0. The molecule has 26 heavy (non-hydrogen) atoms. The second-order valence-corrected chi connectivity index (χ2v) is 6.68. The number of hydrogen-bond acceptors (Lipinski definition) is 3. The van der Waals surface area contributed by atoms with E-state index in [2.05, 4.69) is 10.3 Å². The van der Waals surface area contributed by atoms with Crippen molar-refractivity contribution in [2.24, 2.45) is 0 Å². The molecule has 4 aromatic rings. The van der Waals surface area contributed by atoms with E-state index in [1.165, 1.54) is 0 Å². The van der Waals surface area contributed by atoms with Crippen molar-refractivity contribution in [1.29, 1.82) is 0 Å². The van der Waals surface area contributed by atoms with Crippen molar-refractivity contribution in [3.8, 4) is 16.9 Å². The van der Waals surface area contributed by atoms with E-state index < -0.39 is 11.8 Å². The van der Waals surface area contributed by atoms with Gasteiger partial charge >= 0.3 is 0 Å². The number of phenols is 1. The highest BCUT2D eigenvalue weighted by Gasteiger charge is 2.33. The Balaban J connectivity index is 1.95. The number of carbonyl (C=O) groups is 2. The van der Waals surface area contributed by atoms with Crippen LogP contribution in [-0.4, -0.2) is 21.9 Å². The molecule has 0 unspecified atom stereocenters. The van der Waals surface area contributed by atoms with Gasteiger partial charge in [0.2, 0.25) is 0 Å². The molecule has 3 aromatic carbocycles. The van der Waals surface area contributed by atoms with Crippen LogP contribution in [0.5, 0.6) is 5.75 Å². The van der Waals surface area contributed by atoms with Crippen LogP contribution in [0.2, 0.25) is 5.02 Å². The fourth-order valence-corrected chi connectivity index (χ4v) is 3.73. The molecule has 0 aliphatic carbocycles. The summed E-state index contributed by atoms with van der Waals surface area (Å²) in [6, 6.07) is 13.9. The Morgan fingerprint density at radius 2 is 1.58 bits per heavy atom. The van der Waals surface area contributed by atoms with Gasteiger partial charge in [-0.05, 0) is 47.5 Å². The molecule has 0 bridgehead atoms. The van der Waals surface area contributed by atoms with Gasteiger partial charge in [-0.25, -0.2) is 0 Å². The first kappa shape index (κ1) is 15.0. The largest absolute Gasteiger partial charge is 0.508 e. The average molecular weight is 363 g/mol. The van der Waals surface area contributed by atoms with Crippen molar-refractivity contribution in [3.05, 3.63) is 64.7 Å². The number of benzene rings is 3. The molecule has 0 fully saturated rings. The Hall–Kier alpha value is -3.31. The summed E-state index contributed by atoms with van der Waals surface area (Å²) in [5, 5.41) is 14.1. The summed E-state index contributed by atoms with van der Waals surface area (Å²) in [4.78, 5) is 28.3. The minimum absolute atomic E-state index is 0.0960. The number of phenolic OH excluding ortho intramolecular Hbond substituents is 1. The van der Waals surface area contributed by atoms with Gasteiger partial charge in [0.05, 0.1) is 11.1 Å². The number of rotatable bonds is 1. The number of aromatic amines is 1. The SMILES string of the molecule is O=C1NC(=O)c2c1c(-c1ccc(Cl)cc1)cc1[nH]c3ccc(O)cc3c21. The third kappa shape index (κ3) is 1.98. The molecule has 1 aliphatic heterocycles. The maximum Gasteiger partial charge on any atom is 0.259 e. The highest BCUT2D eigenvalue weighted by Crippen LogP contribution is 2.39. The molecule has 6 heteroatoms. The van der Waals surface area contributed by atoms with E-state index in [4.69, 9.17) is 11.6 Å². The molecule has 126 valence electrons. The summed E-state index contributed by atoms with van der Waals surface area (Å²) in [5.74, 6) is -0.764. The fraction of sp³-hybridized carbons (Fsp3) is 0. The highest BCUT2D eigenvalue weighted by molar-refractivity contribution is 6.32. The molecular formula is C20H11ClN2O3. The van der Waals surface area contributed by atoms with E-state index >= 15 is 0 Å². The van der Waals surface area contributed by atoms with Gasteiger partial charge in [0.1, 0.15) is 5.75 Å². The lowest BCUT2D eigenvalue weighted by atomic mass is 9.93. The van der Waals surface area contributed by atoms with Crippen LogP contribution in [0.1, 0.15) is 20.7 Å². The first-order valence-corrected chi connectivity index (χ1v) is 8.34. The highest BCUT2D eigenvalue weighted by atomic mass is 35.5. The summed E-state index contributed by atoms with van der Waals surface area (Å²) < 4.78 is 0. The smallest absolute Gasteiger partial charge is 0.259 e. The summed E-state index contributed by atoms with van der Waals surface area (Å²) in [5.41, 5.74) is 3.62. The van der Waals surface area contributed by atoms with Gasteiger partial charge in [0.25, 0.3) is 11.8 Å². The van der Waals surface area contributed by atoms with Crippen LogP contribution in [0.4, 0.5) is 0 Å². The molecule has 0 radical (unpaired) electrons. The second kappa shape index (κ2) is 5.09. The van der Waals surface area contributed by atoms with E-state index in [-0.39, 0.29) is 5.75 Å². The zero-order chi connectivity index (χ0) is 18.0. The van der Waals surface area contributed by atoms with Gasteiger partial charge in [-0.1, -0.05) is 23.7 Å². The average Bonchev–Trinajstić information content (AvgIpc) is 3.12. The summed E-state index contributed by atoms with van der Waals surface area (Å²) in [6.45, 7) is 0. The van der Waals surface area contributed by atoms with Crippen LogP contribution in [0.15, 0.2) is 48.5 Å². The number of aromatic hydroxyl groups is 1. The molecule has 0 atom stereocenters. The minimum Gasteiger partial charge on any atom is -0.508 e. The third-order valence-corrected chi connectivity index (χ3v) is 4.96. The van der Waals surface area contributed by atoms with Crippen molar-refractivity contribution in [2.75, 3.05) is 0 Å². The van der Waals surface area contributed by atoms with Crippen LogP contribution in [0, 0.1) is 0 Å². The van der Waals surface area contributed by atoms with Crippen LogP contribution in [0.25, 0.3) is 32.9 Å². The molecule has 2 amide bonds. The van der Waals surface area contributed by atoms with Crippen molar-refractivity contribution in [1.82, 2.24) is 10.3 Å². The minimum atomic E-state index is -0.435. The molecule has 3 N–H and O–H groups in total. The van der Waals surface area contributed by atoms with Crippen molar-refractivity contribution >= 4 is 45.2 Å². The molecule has 0 spiro atoms. The van der Waals surface area contributed by atoms with Crippen molar-refractivity contribution < 1.29 is 14.7 Å². The Kier molecular flexibility index (Phi) is 2.94. The summed E-state index contributed by atoms with van der Waals surface area (Å²) >= 11 is 5.97. The number of H-pyrrole nitrogens is 1. The number of aromatic nitrogens is 1. The zero-order valence-electron chi connectivity index (χ0n) is 13.3. The lowest BCUT2D eigenvalue weighted by Crippen LogP contribution is -2.20. The Morgan fingerprint density at radius 3 is 2.35 bits per heavy atom. The Labute approximate surface area is 152 Å². The predicted octanol–water partition coefficient (Wildman–Crippen LogP) is 4.23. The molecule has 5 nitrogen and oxygen atoms in total. The Bertz CT molecular complexity index is 1260. The van der Waals surface area contributed by atoms with Gasteiger partial charge in [-0.15, -0.1) is 0 Å². The van der Waals surface area contributed by atoms with E-state index in [0.29, 0.717) is 32.5 Å². The van der Waals surface area contributed by atoms with E-state index in [0.717, 1.165) is 16.6 Å². The van der Waals surface area contributed by atoms with E-state index in [1.54, 1.807) is 30.3 Å². The predicted molar refractivity (Wildman–Crippen MR) is 99.7 cm³/mol. The second-order valence-electron chi connectivity index (χ2n) is 6.24. The first-order chi connectivity index (χ1) is 12.5. The molecule has 0 saturated heterocycles. The fourth-order valence-electron chi connectivity index (χ4n) is 3.60. The number of halogens is 1. The Morgan fingerprint density at radius 1 is 0.846 bits per heavy atom. The van der Waals surface area contributed by atoms with Gasteiger partial charge in [0.15, 0.2) is 0 Å². The quantitative estimate of drug-likeness (QED) is 0.443. The molecule has 1 aliphatic rings. The van der Waals surface area contributed by atoms with Gasteiger partial charge < -0.3 is 10.1 Å². The monoisotopic (exact) mass is 362 g/mol. The van der Waals surface area contributed by atoms with Crippen LogP contribution in [-0.2, 0) is 0 Å². The number of nitrogens with one attached hydrogen (secondary N) is 2. The molecule has 0 saturated carbocycles. The first-order valence-electron chi connectivity index (χ1n) is 7.96. The van der Waals surface area contributed by atoms with Crippen LogP contribution < -0.4 is 5.32 Å². The number of amides is 2. The number of imide groups is 1. The van der Waals surface area contributed by atoms with Crippen LogP contribution >= 0.6 is 11.6 Å². The van der Waals surface area contributed by atoms with Gasteiger partial charge in [-0.3, -0.25) is 14.9 Å². The lowest BCUT2D eigenvalue weighted by Gasteiger charge is -2.08. The molecule has 1 aromatic heterocycles. The lowest BCUT2D eigenvalue weighted by molar-refractivity contribution is 0.0880. The standard InChI is InChI=1S/C20H11ClN2O3/c21-10-3-1-9(2-4-10)12-8-15-16(18-17(12)19(25)23-20(18)26)13-7-11(24)5-6-14(13)22-15/h1-8,22,24H,(H,23,25,26). The van der Waals surface area contributed by atoms with Gasteiger partial charge in [-0.2, -0.15) is 0 Å². The molecular weight excluding hydrogens is 352 g/mol. The topological polar surface area (TPSA) is 82.2 Å². The van der Waals surface area contributed by atoms with Crippen molar-refractivity contribution in [2.45, 2.75) is 0 Å². The number of hydrogen-bond donors (Lipinski definition) is 3.